The third-order valence-corrected chi connectivity index (χ3v) is 4.96. The zero-order valence-electron chi connectivity index (χ0n) is 10.3. The quantitative estimate of drug-likeness (QED) is 0.693. The number of piperidine rings is 1. The van der Waals surface area contributed by atoms with Gasteiger partial charge in [-0.2, -0.15) is 9.40 Å². The maximum atomic E-state index is 12.3. The van der Waals surface area contributed by atoms with Gasteiger partial charge in [-0.05, 0) is 19.8 Å². The molecule has 19 heavy (non-hydrogen) atoms. The summed E-state index contributed by atoms with van der Waals surface area (Å²) in [7, 11) is -3.94. The van der Waals surface area contributed by atoms with Crippen LogP contribution in [0.3, 0.4) is 0 Å². The molecule has 0 spiro atoms. The van der Waals surface area contributed by atoms with Gasteiger partial charge in [0.1, 0.15) is 5.56 Å². The summed E-state index contributed by atoms with van der Waals surface area (Å²) in [5.74, 6) is -1.33. The van der Waals surface area contributed by atoms with Gasteiger partial charge in [0.25, 0.3) is 10.0 Å². The summed E-state index contributed by atoms with van der Waals surface area (Å²) < 4.78 is 25.8. The predicted octanol–water partition coefficient (Wildman–Crippen LogP) is -0.438. The van der Waals surface area contributed by atoms with Crippen LogP contribution in [0, 0.1) is 6.92 Å². The molecule has 0 amide bonds. The lowest BCUT2D eigenvalue weighted by Gasteiger charge is -2.28. The lowest BCUT2D eigenvalue weighted by molar-refractivity contribution is 0.0691. The Labute approximate surface area is 110 Å². The fourth-order valence-corrected chi connectivity index (χ4v) is 3.65. The van der Waals surface area contributed by atoms with Crippen LogP contribution in [0.1, 0.15) is 28.9 Å². The molecule has 1 saturated heterocycles. The van der Waals surface area contributed by atoms with Crippen molar-refractivity contribution in [2.45, 2.75) is 30.9 Å². The number of aliphatic hydroxyl groups is 1. The second kappa shape index (κ2) is 4.91. The van der Waals surface area contributed by atoms with Crippen LogP contribution in [0.4, 0.5) is 0 Å². The van der Waals surface area contributed by atoms with E-state index in [1.807, 2.05) is 0 Å². The minimum atomic E-state index is -3.94. The Hall–Kier alpha value is -1.45. The number of aryl methyl sites for hydroxylation is 1. The number of aliphatic hydroxyl groups excluding tert-OH is 1. The van der Waals surface area contributed by atoms with Crippen LogP contribution in [-0.2, 0) is 10.0 Å². The number of hydrogen-bond acceptors (Lipinski definition) is 5. The van der Waals surface area contributed by atoms with Crippen molar-refractivity contribution < 1.29 is 23.4 Å². The van der Waals surface area contributed by atoms with Crippen LogP contribution >= 0.6 is 0 Å². The third-order valence-electron chi connectivity index (χ3n) is 3.14. The molecule has 0 radical (unpaired) electrons. The van der Waals surface area contributed by atoms with Gasteiger partial charge in [0.2, 0.25) is 5.03 Å². The minimum absolute atomic E-state index is 0.161. The molecule has 3 N–H and O–H groups in total. The Morgan fingerprint density at radius 2 is 2.00 bits per heavy atom. The lowest BCUT2D eigenvalue weighted by atomic mass is 10.1. The molecule has 1 aliphatic heterocycles. The van der Waals surface area contributed by atoms with Gasteiger partial charge in [0.05, 0.1) is 6.10 Å². The molecule has 1 aromatic rings. The van der Waals surface area contributed by atoms with Gasteiger partial charge in [-0.3, -0.25) is 5.10 Å². The van der Waals surface area contributed by atoms with Crippen molar-refractivity contribution in [3.8, 4) is 0 Å². The Morgan fingerprint density at radius 3 is 2.53 bits per heavy atom. The maximum absolute atomic E-state index is 12.3. The molecule has 0 unspecified atom stereocenters. The molecule has 1 aromatic heterocycles. The molecule has 0 aliphatic carbocycles. The number of nitrogens with zero attached hydrogens (tertiary/aromatic N) is 2. The monoisotopic (exact) mass is 289 g/mol. The van der Waals surface area contributed by atoms with E-state index in [2.05, 4.69) is 10.2 Å². The molecule has 1 fully saturated rings. The first-order chi connectivity index (χ1) is 8.84. The molecule has 0 saturated carbocycles. The maximum Gasteiger partial charge on any atom is 0.340 e. The Bertz CT molecular complexity index is 586. The fraction of sp³-hybridized carbons (Fsp3) is 0.600. The average molecular weight is 289 g/mol. The highest BCUT2D eigenvalue weighted by molar-refractivity contribution is 7.89. The highest BCUT2D eigenvalue weighted by atomic mass is 32.2. The standard InChI is InChI=1S/C10H15N3O5S/c1-6-8(10(15)16)9(12-11-6)19(17,18)13-4-2-7(14)3-5-13/h7,14H,2-5H2,1H3,(H,11,12)(H,15,16). The van der Waals surface area contributed by atoms with Gasteiger partial charge in [0, 0.05) is 18.8 Å². The number of aromatic nitrogens is 2. The van der Waals surface area contributed by atoms with E-state index in [-0.39, 0.29) is 24.3 Å². The van der Waals surface area contributed by atoms with E-state index in [0.717, 1.165) is 4.31 Å². The van der Waals surface area contributed by atoms with E-state index in [9.17, 15) is 18.3 Å². The number of aromatic carboxylic acids is 1. The predicted molar refractivity (Wildman–Crippen MR) is 64.3 cm³/mol. The van der Waals surface area contributed by atoms with Crippen LogP contribution in [0.15, 0.2) is 5.03 Å². The number of H-pyrrole nitrogens is 1. The minimum Gasteiger partial charge on any atom is -0.478 e. The van der Waals surface area contributed by atoms with Gasteiger partial charge >= 0.3 is 5.97 Å². The number of sulfonamides is 1. The second-order valence-electron chi connectivity index (χ2n) is 4.47. The summed E-state index contributed by atoms with van der Waals surface area (Å²) in [6.07, 6.45) is 0.169. The number of carbonyl (C=O) groups is 1. The van der Waals surface area contributed by atoms with Crippen LogP contribution in [0.25, 0.3) is 0 Å². The van der Waals surface area contributed by atoms with Gasteiger partial charge in [-0.1, -0.05) is 0 Å². The summed E-state index contributed by atoms with van der Waals surface area (Å²) in [6.45, 7) is 1.78. The van der Waals surface area contributed by atoms with Gasteiger partial charge in [-0.15, -0.1) is 0 Å². The van der Waals surface area contributed by atoms with E-state index >= 15 is 0 Å². The van der Waals surface area contributed by atoms with Crippen LogP contribution < -0.4 is 0 Å². The highest BCUT2D eigenvalue weighted by Crippen LogP contribution is 2.23. The molecule has 8 nitrogen and oxygen atoms in total. The van der Waals surface area contributed by atoms with Crippen molar-refractivity contribution in [3.05, 3.63) is 11.3 Å². The van der Waals surface area contributed by atoms with Crippen molar-refractivity contribution in [2.24, 2.45) is 0 Å². The Balaban J connectivity index is 2.38. The van der Waals surface area contributed by atoms with Crippen molar-refractivity contribution >= 4 is 16.0 Å². The SMILES string of the molecule is Cc1[nH]nc(S(=O)(=O)N2CCC(O)CC2)c1C(=O)O. The van der Waals surface area contributed by atoms with Crippen molar-refractivity contribution in [1.82, 2.24) is 14.5 Å². The van der Waals surface area contributed by atoms with Gasteiger partial charge in [-0.25, -0.2) is 13.2 Å². The van der Waals surface area contributed by atoms with Crippen molar-refractivity contribution in [1.29, 1.82) is 0 Å². The van der Waals surface area contributed by atoms with E-state index in [1.165, 1.54) is 6.92 Å². The summed E-state index contributed by atoms with van der Waals surface area (Å²) in [5, 5.41) is 24.0. The Morgan fingerprint density at radius 1 is 1.42 bits per heavy atom. The molecule has 2 heterocycles. The number of hydrogen-bond donors (Lipinski definition) is 3. The number of carboxylic acids is 1. The molecule has 9 heteroatoms. The van der Waals surface area contributed by atoms with Gasteiger partial charge in [0.15, 0.2) is 0 Å². The number of nitrogens with one attached hydrogen (secondary N) is 1. The average Bonchev–Trinajstić information content (AvgIpc) is 2.72. The lowest BCUT2D eigenvalue weighted by Crippen LogP contribution is -2.40. The first-order valence-electron chi connectivity index (χ1n) is 5.80. The smallest absolute Gasteiger partial charge is 0.340 e. The molecule has 2 rings (SSSR count). The largest absolute Gasteiger partial charge is 0.478 e. The zero-order valence-corrected chi connectivity index (χ0v) is 11.1. The second-order valence-corrected chi connectivity index (χ2v) is 6.32. The van der Waals surface area contributed by atoms with Crippen LogP contribution in [0.2, 0.25) is 0 Å². The first-order valence-corrected chi connectivity index (χ1v) is 7.24. The number of carboxylic acid groups (broad SMARTS) is 1. The molecule has 0 atom stereocenters. The van der Waals surface area contributed by atoms with Crippen LogP contribution in [-0.4, -0.2) is 58.3 Å². The van der Waals surface area contributed by atoms with E-state index in [1.54, 1.807) is 0 Å². The van der Waals surface area contributed by atoms with Crippen molar-refractivity contribution in [3.63, 3.8) is 0 Å². The molecule has 106 valence electrons. The molecule has 1 aliphatic rings. The first kappa shape index (κ1) is 14.0. The Kier molecular flexibility index (Phi) is 3.61. The van der Waals surface area contributed by atoms with Crippen LogP contribution in [0.5, 0.6) is 0 Å². The van der Waals surface area contributed by atoms with E-state index in [0.29, 0.717) is 12.8 Å². The summed E-state index contributed by atoms with van der Waals surface area (Å²) in [6, 6.07) is 0. The molecular weight excluding hydrogens is 274 g/mol. The molecular formula is C10H15N3O5S. The normalized spacial score (nSPS) is 18.6. The molecule has 0 aromatic carbocycles. The zero-order chi connectivity index (χ0) is 14.2. The summed E-state index contributed by atoms with van der Waals surface area (Å²) in [5.41, 5.74) is -0.130. The van der Waals surface area contributed by atoms with E-state index < -0.39 is 27.1 Å². The fourth-order valence-electron chi connectivity index (χ4n) is 2.05. The highest BCUT2D eigenvalue weighted by Gasteiger charge is 2.35. The van der Waals surface area contributed by atoms with Gasteiger partial charge < -0.3 is 10.2 Å². The van der Waals surface area contributed by atoms with E-state index in [4.69, 9.17) is 5.11 Å². The number of aromatic amines is 1. The van der Waals surface area contributed by atoms with Crippen molar-refractivity contribution in [2.75, 3.05) is 13.1 Å². The third kappa shape index (κ3) is 2.48. The number of rotatable bonds is 3. The molecule has 0 bridgehead atoms. The summed E-state index contributed by atoms with van der Waals surface area (Å²) in [4.78, 5) is 11.1. The summed E-state index contributed by atoms with van der Waals surface area (Å²) >= 11 is 0. The topological polar surface area (TPSA) is 124 Å².